The molecule has 6 heteroatoms. The molecule has 0 radical (unpaired) electrons. The molecule has 1 amide bonds. The Morgan fingerprint density at radius 3 is 2.54 bits per heavy atom. The number of phenols is 1. The predicted molar refractivity (Wildman–Crippen MR) is 89.2 cm³/mol. The van der Waals surface area contributed by atoms with Gasteiger partial charge in [0.15, 0.2) is 0 Å². The Balaban J connectivity index is 1.80. The van der Waals surface area contributed by atoms with Gasteiger partial charge in [-0.25, -0.2) is 0 Å². The van der Waals surface area contributed by atoms with Gasteiger partial charge in [0.25, 0.3) is 0 Å². The van der Waals surface area contributed by atoms with Gasteiger partial charge in [-0.2, -0.15) is 0 Å². The normalized spacial score (nSPS) is 10.2. The van der Waals surface area contributed by atoms with Gasteiger partial charge in [-0.1, -0.05) is 24.3 Å². The summed E-state index contributed by atoms with van der Waals surface area (Å²) < 4.78 is 5.50. The highest BCUT2D eigenvalue weighted by molar-refractivity contribution is 5.92. The van der Waals surface area contributed by atoms with Crippen LogP contribution in [0.5, 0.6) is 11.5 Å². The topological polar surface area (TPSA) is 95.9 Å². The molecular weight excluding hydrogens is 310 g/mol. The van der Waals surface area contributed by atoms with Crippen LogP contribution in [0.3, 0.4) is 0 Å². The first-order valence-electron chi connectivity index (χ1n) is 7.56. The molecule has 0 saturated carbocycles. The highest BCUT2D eigenvalue weighted by Crippen LogP contribution is 2.24. The second-order valence-electron chi connectivity index (χ2n) is 5.24. The van der Waals surface area contributed by atoms with Gasteiger partial charge < -0.3 is 20.3 Å². The summed E-state index contributed by atoms with van der Waals surface area (Å²) in [7, 11) is 0. The summed E-state index contributed by atoms with van der Waals surface area (Å²) in [6.07, 6.45) is 0.583. The van der Waals surface area contributed by atoms with E-state index in [0.717, 1.165) is 5.75 Å². The number of ether oxygens (including phenoxy) is 1. The zero-order valence-corrected chi connectivity index (χ0v) is 13.1. The summed E-state index contributed by atoms with van der Waals surface area (Å²) in [4.78, 5) is 22.6. The molecule has 126 valence electrons. The van der Waals surface area contributed by atoms with E-state index in [0.29, 0.717) is 18.6 Å². The minimum atomic E-state index is -0.976. The first-order chi connectivity index (χ1) is 11.5. The van der Waals surface area contributed by atoms with Crippen LogP contribution in [0.15, 0.2) is 48.5 Å². The number of carboxylic acids is 1. The molecule has 0 aliphatic carbocycles. The lowest BCUT2D eigenvalue weighted by Crippen LogP contribution is -2.13. The van der Waals surface area contributed by atoms with Crippen molar-refractivity contribution in [3.63, 3.8) is 0 Å². The van der Waals surface area contributed by atoms with Crippen LogP contribution in [0.25, 0.3) is 0 Å². The molecule has 0 atom stereocenters. The lowest BCUT2D eigenvalue weighted by atomic mass is 10.1. The van der Waals surface area contributed by atoms with Gasteiger partial charge in [0.05, 0.1) is 18.7 Å². The molecule has 0 fully saturated rings. The number of carbonyl (C=O) groups is 2. The van der Waals surface area contributed by atoms with Gasteiger partial charge in [0.1, 0.15) is 11.5 Å². The molecule has 6 nitrogen and oxygen atoms in total. The number of hydrogen-bond donors (Lipinski definition) is 3. The van der Waals surface area contributed by atoms with Crippen LogP contribution in [-0.4, -0.2) is 28.7 Å². The molecule has 0 heterocycles. The number of anilines is 1. The highest BCUT2D eigenvalue weighted by atomic mass is 16.5. The largest absolute Gasteiger partial charge is 0.506 e. The molecule has 0 aromatic heterocycles. The maximum atomic E-state index is 11.9. The average Bonchev–Trinajstić information content (AvgIpc) is 2.55. The number of carboxylic acid groups (broad SMARTS) is 1. The van der Waals surface area contributed by atoms with Crippen LogP contribution in [0.4, 0.5) is 5.69 Å². The van der Waals surface area contributed by atoms with Crippen LogP contribution in [0, 0.1) is 0 Å². The van der Waals surface area contributed by atoms with E-state index in [-0.39, 0.29) is 30.2 Å². The van der Waals surface area contributed by atoms with Gasteiger partial charge in [-0.15, -0.1) is 0 Å². The van der Waals surface area contributed by atoms with Crippen molar-refractivity contribution in [2.75, 3.05) is 11.9 Å². The third-order valence-electron chi connectivity index (χ3n) is 3.25. The van der Waals surface area contributed by atoms with Gasteiger partial charge in [0, 0.05) is 6.42 Å². The van der Waals surface area contributed by atoms with Crippen molar-refractivity contribution in [1.82, 2.24) is 0 Å². The summed E-state index contributed by atoms with van der Waals surface area (Å²) in [6, 6.07) is 13.6. The lowest BCUT2D eigenvalue weighted by molar-refractivity contribution is -0.136. The number of benzene rings is 2. The fraction of sp³-hybridized carbons (Fsp3) is 0.222. The van der Waals surface area contributed by atoms with Crippen molar-refractivity contribution < 1.29 is 24.5 Å². The van der Waals surface area contributed by atoms with Crippen LogP contribution in [-0.2, 0) is 16.0 Å². The highest BCUT2D eigenvalue weighted by Gasteiger charge is 2.09. The smallest absolute Gasteiger partial charge is 0.307 e. The van der Waals surface area contributed by atoms with E-state index in [1.807, 2.05) is 30.3 Å². The van der Waals surface area contributed by atoms with E-state index in [1.54, 1.807) is 0 Å². The Morgan fingerprint density at radius 2 is 1.83 bits per heavy atom. The molecule has 0 aliphatic rings. The van der Waals surface area contributed by atoms with Crippen molar-refractivity contribution in [2.45, 2.75) is 19.3 Å². The van der Waals surface area contributed by atoms with E-state index in [9.17, 15) is 14.7 Å². The van der Waals surface area contributed by atoms with E-state index < -0.39 is 5.97 Å². The molecular formula is C18H19NO5. The summed E-state index contributed by atoms with van der Waals surface area (Å²) >= 11 is 0. The number of aliphatic carboxylic acids is 1. The number of carbonyl (C=O) groups excluding carboxylic acids is 1. The Labute approximate surface area is 139 Å². The molecule has 0 saturated heterocycles. The van der Waals surface area contributed by atoms with Gasteiger partial charge in [0.2, 0.25) is 5.91 Å². The number of para-hydroxylation sites is 1. The summed E-state index contributed by atoms with van der Waals surface area (Å²) in [5, 5.41) is 21.1. The Hall–Kier alpha value is -3.02. The van der Waals surface area contributed by atoms with E-state index in [1.165, 1.54) is 18.2 Å². The fourth-order valence-electron chi connectivity index (χ4n) is 2.12. The minimum Gasteiger partial charge on any atom is -0.506 e. The first kappa shape index (κ1) is 17.3. The number of phenolic OH excluding ortho intramolecular Hbond substituents is 1. The second-order valence-corrected chi connectivity index (χ2v) is 5.24. The maximum Gasteiger partial charge on any atom is 0.307 e. The zero-order chi connectivity index (χ0) is 17.4. The zero-order valence-electron chi connectivity index (χ0n) is 13.1. The van der Waals surface area contributed by atoms with Crippen molar-refractivity contribution >= 4 is 17.6 Å². The van der Waals surface area contributed by atoms with Crippen LogP contribution < -0.4 is 10.1 Å². The Bertz CT molecular complexity index is 700. The van der Waals surface area contributed by atoms with E-state index in [4.69, 9.17) is 9.84 Å². The molecule has 0 spiro atoms. The lowest BCUT2D eigenvalue weighted by Gasteiger charge is -2.09. The number of hydrogen-bond acceptors (Lipinski definition) is 4. The van der Waals surface area contributed by atoms with Crippen LogP contribution >= 0.6 is 0 Å². The van der Waals surface area contributed by atoms with Crippen LogP contribution in [0.2, 0.25) is 0 Å². The monoisotopic (exact) mass is 329 g/mol. The molecule has 2 aromatic rings. The number of nitrogens with one attached hydrogen (secondary N) is 1. The second kappa shape index (κ2) is 8.57. The van der Waals surface area contributed by atoms with E-state index in [2.05, 4.69) is 5.32 Å². The minimum absolute atomic E-state index is 0.0991. The van der Waals surface area contributed by atoms with Crippen molar-refractivity contribution in [1.29, 1.82) is 0 Å². The Kier molecular flexibility index (Phi) is 6.19. The van der Waals surface area contributed by atoms with Crippen molar-refractivity contribution in [3.05, 3.63) is 54.1 Å². The summed E-state index contributed by atoms with van der Waals surface area (Å²) in [6.45, 7) is 0.405. The quantitative estimate of drug-likeness (QED) is 0.511. The molecule has 0 aliphatic heterocycles. The molecule has 0 bridgehead atoms. The first-order valence-corrected chi connectivity index (χ1v) is 7.56. The predicted octanol–water partition coefficient (Wildman–Crippen LogP) is 2.82. The van der Waals surface area contributed by atoms with Crippen molar-refractivity contribution in [2.24, 2.45) is 0 Å². The molecule has 24 heavy (non-hydrogen) atoms. The van der Waals surface area contributed by atoms with Gasteiger partial charge in [-0.3, -0.25) is 9.59 Å². The van der Waals surface area contributed by atoms with E-state index >= 15 is 0 Å². The fourth-order valence-corrected chi connectivity index (χ4v) is 2.12. The molecule has 3 N–H and O–H groups in total. The van der Waals surface area contributed by atoms with Crippen molar-refractivity contribution in [3.8, 4) is 11.5 Å². The van der Waals surface area contributed by atoms with Gasteiger partial charge >= 0.3 is 5.97 Å². The molecule has 2 rings (SSSR count). The maximum absolute atomic E-state index is 11.9. The number of amides is 1. The summed E-state index contributed by atoms with van der Waals surface area (Å²) in [5.74, 6) is -0.597. The number of aromatic hydroxyl groups is 1. The SMILES string of the molecule is O=C(O)Cc1ccc(O)c(NC(=O)CCCOc2ccccc2)c1. The number of rotatable bonds is 8. The average molecular weight is 329 g/mol. The third-order valence-corrected chi connectivity index (χ3v) is 3.25. The summed E-state index contributed by atoms with van der Waals surface area (Å²) in [5.41, 5.74) is 0.714. The standard InChI is InChI=1S/C18H19NO5/c20-16-9-8-13(12-18(22)23)11-15(16)19-17(21)7-4-10-24-14-5-2-1-3-6-14/h1-3,5-6,8-9,11,20H,4,7,10,12H2,(H,19,21)(H,22,23). The Morgan fingerprint density at radius 1 is 1.08 bits per heavy atom. The van der Waals surface area contributed by atoms with Crippen LogP contribution in [0.1, 0.15) is 18.4 Å². The molecule has 0 unspecified atom stereocenters. The third kappa shape index (κ3) is 5.64. The molecule has 2 aromatic carbocycles. The van der Waals surface area contributed by atoms with Gasteiger partial charge in [-0.05, 0) is 36.2 Å².